The molecule has 6 nitrogen and oxygen atoms in total. The molecule has 8 heteroatoms. The number of nitrogens with zero attached hydrogens (tertiary/aromatic N) is 3. The molecule has 0 atom stereocenters. The second-order valence-electron chi connectivity index (χ2n) is 7.50. The van der Waals surface area contributed by atoms with Crippen LogP contribution >= 0.6 is 11.8 Å². The Morgan fingerprint density at radius 3 is 2.60 bits per heavy atom. The fourth-order valence-electron chi connectivity index (χ4n) is 3.45. The van der Waals surface area contributed by atoms with Gasteiger partial charge in [0.2, 0.25) is 0 Å². The molecule has 35 heavy (non-hydrogen) atoms. The molecule has 0 aliphatic carbocycles. The number of halogens is 1. The Morgan fingerprint density at radius 2 is 1.89 bits per heavy atom. The highest BCUT2D eigenvalue weighted by Gasteiger charge is 2.32. The number of carbonyl (C=O) groups is 1. The second-order valence-corrected chi connectivity index (χ2v) is 8.51. The highest BCUT2D eigenvalue weighted by molar-refractivity contribution is 8.18. The average molecular weight is 488 g/mol. The van der Waals surface area contributed by atoms with Gasteiger partial charge in [-0.25, -0.2) is 9.38 Å². The van der Waals surface area contributed by atoms with Crippen LogP contribution in [0.4, 0.5) is 10.1 Å². The summed E-state index contributed by atoms with van der Waals surface area (Å²) in [5, 5.41) is 9.81. The number of aliphatic imine (C=N–C) groups is 1. The van der Waals surface area contributed by atoms with E-state index in [1.54, 1.807) is 48.4 Å². The Bertz CT molecular complexity index is 1350. The molecule has 0 N–H and O–H groups in total. The van der Waals surface area contributed by atoms with Crippen LogP contribution < -0.4 is 9.47 Å². The van der Waals surface area contributed by atoms with Crippen LogP contribution in [-0.4, -0.2) is 29.6 Å². The predicted molar refractivity (Wildman–Crippen MR) is 135 cm³/mol. The van der Waals surface area contributed by atoms with E-state index in [4.69, 9.17) is 9.47 Å². The molecular weight excluding hydrogens is 465 g/mol. The molecule has 1 heterocycles. The van der Waals surface area contributed by atoms with Gasteiger partial charge < -0.3 is 9.47 Å². The van der Waals surface area contributed by atoms with Gasteiger partial charge >= 0.3 is 0 Å². The zero-order valence-electron chi connectivity index (χ0n) is 19.2. The lowest BCUT2D eigenvalue weighted by Gasteiger charge is -2.12. The van der Waals surface area contributed by atoms with Crippen LogP contribution in [0.2, 0.25) is 0 Å². The third-order valence-corrected chi connectivity index (χ3v) is 6.27. The number of methoxy groups -OCH3 is 1. The monoisotopic (exact) mass is 487 g/mol. The van der Waals surface area contributed by atoms with Gasteiger partial charge in [0.05, 0.1) is 29.3 Å². The molecule has 1 fully saturated rings. The first-order chi connectivity index (χ1) is 17.0. The third kappa shape index (κ3) is 5.53. The van der Waals surface area contributed by atoms with Crippen molar-refractivity contribution in [2.45, 2.75) is 13.5 Å². The maximum Gasteiger partial charge on any atom is 0.266 e. The first kappa shape index (κ1) is 24.0. The minimum atomic E-state index is -0.340. The molecule has 0 bridgehead atoms. The van der Waals surface area contributed by atoms with E-state index in [-0.39, 0.29) is 18.3 Å². The lowest BCUT2D eigenvalue weighted by molar-refractivity contribution is -0.122. The molecule has 1 aliphatic heterocycles. The second kappa shape index (κ2) is 10.9. The van der Waals surface area contributed by atoms with E-state index in [0.29, 0.717) is 39.4 Å². The molecular formula is C27H22FN3O3S. The predicted octanol–water partition coefficient (Wildman–Crippen LogP) is 5.91. The van der Waals surface area contributed by atoms with Gasteiger partial charge in [-0.3, -0.25) is 9.69 Å². The lowest BCUT2D eigenvalue weighted by Crippen LogP contribution is -2.28. The van der Waals surface area contributed by atoms with Crippen molar-refractivity contribution in [2.24, 2.45) is 4.99 Å². The van der Waals surface area contributed by atoms with E-state index in [0.717, 1.165) is 11.1 Å². The molecule has 1 saturated heterocycles. The van der Waals surface area contributed by atoms with Gasteiger partial charge in [0.25, 0.3) is 5.91 Å². The molecule has 3 aromatic carbocycles. The van der Waals surface area contributed by atoms with Gasteiger partial charge in [0.15, 0.2) is 16.7 Å². The van der Waals surface area contributed by atoms with Gasteiger partial charge in [0, 0.05) is 12.1 Å². The van der Waals surface area contributed by atoms with Crippen molar-refractivity contribution < 1.29 is 18.7 Å². The molecule has 4 rings (SSSR count). The smallest absolute Gasteiger partial charge is 0.266 e. The Kier molecular flexibility index (Phi) is 7.48. The average Bonchev–Trinajstić information content (AvgIpc) is 3.17. The zero-order valence-corrected chi connectivity index (χ0v) is 20.0. The Labute approximate surface area is 207 Å². The maximum atomic E-state index is 13.2. The molecule has 3 aromatic rings. The van der Waals surface area contributed by atoms with Crippen LogP contribution in [0.1, 0.15) is 23.6 Å². The van der Waals surface area contributed by atoms with Crippen LogP contribution in [0.3, 0.4) is 0 Å². The van der Waals surface area contributed by atoms with E-state index < -0.39 is 0 Å². The van der Waals surface area contributed by atoms with Gasteiger partial charge in [0.1, 0.15) is 12.4 Å². The summed E-state index contributed by atoms with van der Waals surface area (Å²) in [6, 6.07) is 20.6. The number of nitriles is 1. The topological polar surface area (TPSA) is 74.9 Å². The van der Waals surface area contributed by atoms with Gasteiger partial charge in [-0.05, 0) is 72.8 Å². The molecule has 0 saturated carbocycles. The van der Waals surface area contributed by atoms with Crippen LogP contribution in [0, 0.1) is 17.1 Å². The maximum absolute atomic E-state index is 13.2. The molecule has 1 amide bonds. The van der Waals surface area contributed by atoms with Crippen LogP contribution in [0.25, 0.3) is 6.08 Å². The van der Waals surface area contributed by atoms with Crippen molar-refractivity contribution in [3.8, 4) is 17.6 Å². The summed E-state index contributed by atoms with van der Waals surface area (Å²) < 4.78 is 24.6. The van der Waals surface area contributed by atoms with Crippen molar-refractivity contribution >= 4 is 34.6 Å². The van der Waals surface area contributed by atoms with Crippen LogP contribution in [-0.2, 0) is 11.4 Å². The molecule has 0 unspecified atom stereocenters. The standard InChI is InChI=1S/C27H22FN3O3S/c1-3-31-26(32)25(35-27(31)30-22-11-9-21(28)10-12-22)15-18-8-13-23(24(14-18)33-2)34-17-20-7-5-4-6-19(20)16-29/h4-15H,3,17H2,1-2H3/b25-15+,30-27?. The fraction of sp³-hybridized carbons (Fsp3) is 0.148. The number of carbonyl (C=O) groups excluding carboxylic acids is 1. The SMILES string of the molecule is CCN1C(=O)/C(=C\c2ccc(OCc3ccccc3C#N)c(OC)c2)SC1=Nc1ccc(F)cc1. The van der Waals surface area contributed by atoms with Crippen LogP contribution in [0.15, 0.2) is 76.6 Å². The van der Waals surface area contributed by atoms with E-state index in [1.165, 1.54) is 23.9 Å². The van der Waals surface area contributed by atoms with E-state index in [2.05, 4.69) is 11.1 Å². The van der Waals surface area contributed by atoms with Crippen molar-refractivity contribution in [1.29, 1.82) is 5.26 Å². The van der Waals surface area contributed by atoms with Crippen molar-refractivity contribution in [1.82, 2.24) is 4.90 Å². The van der Waals surface area contributed by atoms with Crippen molar-refractivity contribution in [3.63, 3.8) is 0 Å². The first-order valence-electron chi connectivity index (χ1n) is 10.9. The molecule has 0 aromatic heterocycles. The Balaban J connectivity index is 1.55. The number of amides is 1. The van der Waals surface area contributed by atoms with E-state index in [9.17, 15) is 14.4 Å². The normalized spacial score (nSPS) is 15.5. The summed E-state index contributed by atoms with van der Waals surface area (Å²) >= 11 is 1.27. The van der Waals surface area contributed by atoms with E-state index in [1.807, 2.05) is 31.2 Å². The number of benzene rings is 3. The summed E-state index contributed by atoms with van der Waals surface area (Å²) in [7, 11) is 1.55. The number of hydrogen-bond acceptors (Lipinski definition) is 6. The number of rotatable bonds is 7. The Hall–Kier alpha value is -4.09. The quantitative estimate of drug-likeness (QED) is 0.388. The van der Waals surface area contributed by atoms with E-state index >= 15 is 0 Å². The lowest BCUT2D eigenvalue weighted by atomic mass is 10.1. The molecule has 1 aliphatic rings. The number of ether oxygens (including phenoxy) is 2. The third-order valence-electron chi connectivity index (χ3n) is 5.26. The minimum absolute atomic E-state index is 0.147. The van der Waals surface area contributed by atoms with Gasteiger partial charge in [-0.1, -0.05) is 24.3 Å². The van der Waals surface area contributed by atoms with Gasteiger partial charge in [-0.2, -0.15) is 5.26 Å². The zero-order chi connectivity index (χ0) is 24.8. The van der Waals surface area contributed by atoms with Crippen molar-refractivity contribution in [3.05, 3.63) is 94.1 Å². The number of hydrogen-bond donors (Lipinski definition) is 0. The van der Waals surface area contributed by atoms with Crippen molar-refractivity contribution in [2.75, 3.05) is 13.7 Å². The van der Waals surface area contributed by atoms with Crippen LogP contribution in [0.5, 0.6) is 11.5 Å². The van der Waals surface area contributed by atoms with Gasteiger partial charge in [-0.15, -0.1) is 0 Å². The number of amidine groups is 1. The largest absolute Gasteiger partial charge is 0.493 e. The summed E-state index contributed by atoms with van der Waals surface area (Å²) in [6.07, 6.45) is 1.78. The minimum Gasteiger partial charge on any atom is -0.493 e. The Morgan fingerprint density at radius 1 is 1.11 bits per heavy atom. The molecule has 0 spiro atoms. The number of thioether (sulfide) groups is 1. The first-order valence-corrected chi connectivity index (χ1v) is 11.7. The summed E-state index contributed by atoms with van der Waals surface area (Å²) in [5.41, 5.74) is 2.68. The summed E-state index contributed by atoms with van der Waals surface area (Å²) in [5.74, 6) is 0.553. The highest BCUT2D eigenvalue weighted by Crippen LogP contribution is 2.36. The molecule has 176 valence electrons. The summed E-state index contributed by atoms with van der Waals surface area (Å²) in [6.45, 7) is 2.56. The summed E-state index contributed by atoms with van der Waals surface area (Å²) in [4.78, 5) is 19.6. The fourth-order valence-corrected chi connectivity index (χ4v) is 4.51. The number of likely N-dealkylation sites (N-methyl/N-ethyl adjacent to an activating group) is 1. The highest BCUT2D eigenvalue weighted by atomic mass is 32.2. The molecule has 0 radical (unpaired) electrons.